The molecule has 5 nitrogen and oxygen atoms in total. The molecule has 5 heteroatoms. The van der Waals surface area contributed by atoms with Gasteiger partial charge in [0.1, 0.15) is 0 Å². The fourth-order valence-electron chi connectivity index (χ4n) is 2.40. The van der Waals surface area contributed by atoms with Crippen LogP contribution in [0.4, 0.5) is 10.5 Å². The zero-order valence-electron chi connectivity index (χ0n) is 12.6. The smallest absolute Gasteiger partial charge is 0.319 e. The van der Waals surface area contributed by atoms with Gasteiger partial charge in [0.15, 0.2) is 0 Å². The Labute approximate surface area is 125 Å². The van der Waals surface area contributed by atoms with Crippen LogP contribution in [0.25, 0.3) is 10.9 Å². The minimum absolute atomic E-state index is 0.0420. The zero-order chi connectivity index (χ0) is 15.2. The largest absolute Gasteiger partial charge is 0.396 e. The number of fused-ring (bicyclic) bond motifs is 1. The molecule has 0 aliphatic rings. The number of aliphatic hydroxyl groups is 1. The number of aromatic nitrogens is 1. The molecule has 0 saturated heterocycles. The topological polar surface area (TPSA) is 66.3 Å². The van der Waals surface area contributed by atoms with E-state index in [2.05, 4.69) is 28.2 Å². The second-order valence-corrected chi connectivity index (χ2v) is 5.24. The molecule has 0 fully saturated rings. The molecule has 1 unspecified atom stereocenters. The highest BCUT2D eigenvalue weighted by Gasteiger charge is 2.08. The second-order valence-electron chi connectivity index (χ2n) is 5.24. The summed E-state index contributed by atoms with van der Waals surface area (Å²) >= 11 is 0. The molecule has 0 saturated carbocycles. The molecule has 21 heavy (non-hydrogen) atoms. The number of rotatable bonds is 6. The lowest BCUT2D eigenvalue weighted by molar-refractivity contribution is 0.245. The SMILES string of the molecule is CCn1ccc2ccc(NC(=O)NC(C)CCCO)cc21. The van der Waals surface area contributed by atoms with Crippen molar-refractivity contribution in [3.05, 3.63) is 30.5 Å². The summed E-state index contributed by atoms with van der Waals surface area (Å²) in [6.07, 6.45) is 3.50. The van der Waals surface area contributed by atoms with Crippen molar-refractivity contribution in [2.24, 2.45) is 0 Å². The molecule has 0 aliphatic heterocycles. The molecule has 0 bridgehead atoms. The van der Waals surface area contributed by atoms with E-state index in [1.165, 1.54) is 5.39 Å². The lowest BCUT2D eigenvalue weighted by atomic mass is 10.2. The number of carbonyl (C=O) groups is 1. The first kappa shape index (κ1) is 15.4. The van der Waals surface area contributed by atoms with E-state index < -0.39 is 0 Å². The quantitative estimate of drug-likeness (QED) is 0.765. The van der Waals surface area contributed by atoms with Gasteiger partial charge in [0.2, 0.25) is 0 Å². The normalized spacial score (nSPS) is 12.3. The summed E-state index contributed by atoms with van der Waals surface area (Å²) in [5.41, 5.74) is 1.89. The number of anilines is 1. The standard InChI is InChI=1S/C16H23N3O2/c1-3-19-9-8-13-6-7-14(11-15(13)19)18-16(21)17-12(2)5-4-10-20/h6-9,11-12,20H,3-5,10H2,1-2H3,(H2,17,18,21). The summed E-state index contributed by atoms with van der Waals surface area (Å²) in [4.78, 5) is 11.9. The van der Waals surface area contributed by atoms with Crippen LogP contribution in [0.2, 0.25) is 0 Å². The Bertz CT molecular complexity index is 607. The van der Waals surface area contributed by atoms with E-state index in [1.807, 2.05) is 31.3 Å². The van der Waals surface area contributed by atoms with Gasteiger partial charge in [-0.15, -0.1) is 0 Å². The molecule has 1 aromatic heterocycles. The third-order valence-electron chi connectivity index (χ3n) is 3.55. The van der Waals surface area contributed by atoms with Gasteiger partial charge in [-0.1, -0.05) is 6.07 Å². The number of hydrogen-bond donors (Lipinski definition) is 3. The Morgan fingerprint density at radius 1 is 1.38 bits per heavy atom. The molecule has 2 aromatic rings. The zero-order valence-corrected chi connectivity index (χ0v) is 12.6. The number of aliphatic hydroxyl groups excluding tert-OH is 1. The van der Waals surface area contributed by atoms with Crippen LogP contribution in [0, 0.1) is 0 Å². The van der Waals surface area contributed by atoms with Crippen LogP contribution >= 0.6 is 0 Å². The van der Waals surface area contributed by atoms with E-state index in [4.69, 9.17) is 5.11 Å². The highest BCUT2D eigenvalue weighted by Crippen LogP contribution is 2.20. The van der Waals surface area contributed by atoms with E-state index in [1.54, 1.807) is 0 Å². The van der Waals surface area contributed by atoms with Gasteiger partial charge in [0.25, 0.3) is 0 Å². The van der Waals surface area contributed by atoms with Crippen LogP contribution in [-0.2, 0) is 6.54 Å². The number of hydrogen-bond acceptors (Lipinski definition) is 2. The highest BCUT2D eigenvalue weighted by atomic mass is 16.3. The molecule has 0 aliphatic carbocycles. The summed E-state index contributed by atoms with van der Waals surface area (Å²) in [5.74, 6) is 0. The number of carbonyl (C=O) groups excluding carboxylic acids is 1. The third kappa shape index (κ3) is 3.98. The average molecular weight is 289 g/mol. The van der Waals surface area contributed by atoms with Crippen molar-refractivity contribution in [3.63, 3.8) is 0 Å². The lowest BCUT2D eigenvalue weighted by Gasteiger charge is -2.14. The van der Waals surface area contributed by atoms with Crippen molar-refractivity contribution >= 4 is 22.6 Å². The molecule has 1 heterocycles. The number of amides is 2. The number of urea groups is 1. The predicted molar refractivity (Wildman–Crippen MR) is 85.5 cm³/mol. The monoisotopic (exact) mass is 289 g/mol. The number of aryl methyl sites for hydroxylation is 1. The molecule has 0 spiro atoms. The molecule has 3 N–H and O–H groups in total. The van der Waals surface area contributed by atoms with Crippen molar-refractivity contribution < 1.29 is 9.90 Å². The van der Waals surface area contributed by atoms with Gasteiger partial charge in [-0.3, -0.25) is 0 Å². The molecule has 2 rings (SSSR count). The van der Waals surface area contributed by atoms with Crippen LogP contribution in [0.1, 0.15) is 26.7 Å². The van der Waals surface area contributed by atoms with Crippen molar-refractivity contribution in [2.75, 3.05) is 11.9 Å². The van der Waals surface area contributed by atoms with Crippen molar-refractivity contribution in [1.82, 2.24) is 9.88 Å². The molecule has 2 amide bonds. The predicted octanol–water partition coefficient (Wildman–Crippen LogP) is 2.94. The van der Waals surface area contributed by atoms with E-state index in [9.17, 15) is 4.79 Å². The first-order valence-corrected chi connectivity index (χ1v) is 7.41. The van der Waals surface area contributed by atoms with Crippen LogP contribution in [0.3, 0.4) is 0 Å². The number of benzene rings is 1. The van der Waals surface area contributed by atoms with Gasteiger partial charge in [0.05, 0.1) is 5.52 Å². The fourth-order valence-corrected chi connectivity index (χ4v) is 2.40. The number of nitrogens with zero attached hydrogens (tertiary/aromatic N) is 1. The summed E-state index contributed by atoms with van der Waals surface area (Å²) in [7, 11) is 0. The van der Waals surface area contributed by atoms with Gasteiger partial charge < -0.3 is 20.3 Å². The van der Waals surface area contributed by atoms with Gasteiger partial charge >= 0.3 is 6.03 Å². The Morgan fingerprint density at radius 2 is 2.19 bits per heavy atom. The van der Waals surface area contributed by atoms with Gasteiger partial charge in [-0.25, -0.2) is 4.79 Å². The minimum Gasteiger partial charge on any atom is -0.396 e. The molecular weight excluding hydrogens is 266 g/mol. The van der Waals surface area contributed by atoms with E-state index in [-0.39, 0.29) is 18.7 Å². The van der Waals surface area contributed by atoms with Crippen LogP contribution < -0.4 is 10.6 Å². The van der Waals surface area contributed by atoms with E-state index in [0.29, 0.717) is 6.42 Å². The fraction of sp³-hybridized carbons (Fsp3) is 0.438. The molecule has 1 atom stereocenters. The Hall–Kier alpha value is -2.01. The maximum atomic E-state index is 11.9. The Balaban J connectivity index is 2.00. The van der Waals surface area contributed by atoms with Gasteiger partial charge in [-0.2, -0.15) is 0 Å². The molecule has 0 radical (unpaired) electrons. The third-order valence-corrected chi connectivity index (χ3v) is 3.55. The summed E-state index contributed by atoms with van der Waals surface area (Å²) in [5, 5.41) is 15.7. The molecular formula is C16H23N3O2. The lowest BCUT2D eigenvalue weighted by Crippen LogP contribution is -2.36. The summed E-state index contributed by atoms with van der Waals surface area (Å²) < 4.78 is 2.14. The van der Waals surface area contributed by atoms with Crippen LogP contribution in [0.15, 0.2) is 30.5 Å². The maximum absolute atomic E-state index is 11.9. The minimum atomic E-state index is -0.214. The first-order chi connectivity index (χ1) is 10.1. The van der Waals surface area contributed by atoms with E-state index >= 15 is 0 Å². The molecule has 114 valence electrons. The summed E-state index contributed by atoms with van der Waals surface area (Å²) in [6, 6.07) is 7.79. The Kier molecular flexibility index (Phi) is 5.22. The van der Waals surface area contributed by atoms with Crippen LogP contribution in [0.5, 0.6) is 0 Å². The van der Waals surface area contributed by atoms with E-state index in [0.717, 1.165) is 24.2 Å². The van der Waals surface area contributed by atoms with Gasteiger partial charge in [0, 0.05) is 31.1 Å². The van der Waals surface area contributed by atoms with Crippen molar-refractivity contribution in [3.8, 4) is 0 Å². The van der Waals surface area contributed by atoms with Crippen molar-refractivity contribution in [1.29, 1.82) is 0 Å². The molecule has 1 aromatic carbocycles. The average Bonchev–Trinajstić information content (AvgIpc) is 2.87. The second kappa shape index (κ2) is 7.13. The van der Waals surface area contributed by atoms with Crippen molar-refractivity contribution in [2.45, 2.75) is 39.3 Å². The summed E-state index contributed by atoms with van der Waals surface area (Å²) in [6.45, 7) is 5.07. The first-order valence-electron chi connectivity index (χ1n) is 7.41. The van der Waals surface area contributed by atoms with Crippen LogP contribution in [-0.4, -0.2) is 28.4 Å². The maximum Gasteiger partial charge on any atom is 0.319 e. The highest BCUT2D eigenvalue weighted by molar-refractivity contribution is 5.92. The Morgan fingerprint density at radius 3 is 2.90 bits per heavy atom. The van der Waals surface area contributed by atoms with Gasteiger partial charge in [-0.05, 0) is 50.3 Å². The number of nitrogens with one attached hydrogen (secondary N) is 2.